The molecule has 0 amide bonds. The first kappa shape index (κ1) is 5.00. The quantitative estimate of drug-likeness (QED) is 0.358. The fraction of sp³-hybridized carbons (Fsp3) is 0.500. The summed E-state index contributed by atoms with van der Waals surface area (Å²) in [5.74, 6) is -0.184. The normalized spacial score (nSPS) is 6.60. The highest BCUT2D eigenvalue weighted by atomic mass is 27.1. The molecule has 0 saturated carbocycles. The van der Waals surface area contributed by atoms with Gasteiger partial charge in [0.2, 0.25) is 0 Å². The Morgan fingerprint density at radius 2 is 2.20 bits per heavy atom. The van der Waals surface area contributed by atoms with Crippen LogP contribution in [0.3, 0.4) is 0 Å². The predicted molar refractivity (Wildman–Crippen MR) is 20.3 cm³/mol. The van der Waals surface area contributed by atoms with Crippen molar-refractivity contribution in [2.45, 2.75) is 6.92 Å². The summed E-state index contributed by atoms with van der Waals surface area (Å²) in [5, 5.41) is 0. The average Bonchev–Trinajstić information content (AvgIpc) is 1.38. The summed E-state index contributed by atoms with van der Waals surface area (Å²) in [7, 11) is 0. The van der Waals surface area contributed by atoms with E-state index in [9.17, 15) is 4.79 Å². The zero-order chi connectivity index (χ0) is 4.28. The lowest BCUT2D eigenvalue weighted by molar-refractivity contribution is -0.131. The average molecular weight is 88.0 g/mol. The highest BCUT2D eigenvalue weighted by molar-refractivity contribution is 6.04. The van der Waals surface area contributed by atoms with Gasteiger partial charge in [-0.05, 0) is 0 Å². The van der Waals surface area contributed by atoms with Crippen LogP contribution in [0.25, 0.3) is 0 Å². The van der Waals surface area contributed by atoms with Gasteiger partial charge in [0.25, 0.3) is 5.97 Å². The maximum Gasteiger partial charge on any atom is 0.499 e. The van der Waals surface area contributed by atoms with Crippen molar-refractivity contribution in [2.75, 3.05) is 0 Å². The number of hydrogen-bond donors (Lipinski definition) is 0. The molecule has 0 atom stereocenters. The van der Waals surface area contributed by atoms with E-state index in [4.69, 9.17) is 0 Å². The Morgan fingerprint density at radius 1 is 2.00 bits per heavy atom. The monoisotopic (exact) mass is 88.0 g/mol. The molecule has 2 nitrogen and oxygen atoms in total. The van der Waals surface area contributed by atoms with Crippen molar-refractivity contribution in [2.24, 2.45) is 0 Å². The van der Waals surface area contributed by atoms with E-state index in [-0.39, 0.29) is 5.97 Å². The van der Waals surface area contributed by atoms with E-state index in [0.717, 1.165) is 0 Å². The molecular weight excluding hydrogens is 83.0 g/mol. The van der Waals surface area contributed by atoms with Crippen molar-refractivity contribution in [3.63, 3.8) is 0 Å². The van der Waals surface area contributed by atoms with Gasteiger partial charge in [-0.15, -0.1) is 0 Å². The Hall–Kier alpha value is 0.00247. The molecule has 28 valence electrons. The standard InChI is InChI=1S/C2H4O2.Al.2H/c1-2(3)4;;;/h1H3,(H,3,4);;;/q;+1;;/p-1. The van der Waals surface area contributed by atoms with Crippen LogP contribution < -0.4 is 0 Å². The SMILES string of the molecule is CC(=O)[O][AlH2]. The summed E-state index contributed by atoms with van der Waals surface area (Å²) >= 11 is 0.524. The van der Waals surface area contributed by atoms with Crippen LogP contribution in [0, 0.1) is 0 Å². The van der Waals surface area contributed by atoms with Gasteiger partial charge in [-0.25, -0.2) is 0 Å². The van der Waals surface area contributed by atoms with Crippen molar-refractivity contribution in [3.05, 3.63) is 0 Å². The van der Waals surface area contributed by atoms with Crippen molar-refractivity contribution >= 4 is 22.6 Å². The summed E-state index contributed by atoms with van der Waals surface area (Å²) in [6, 6.07) is 0. The number of hydrogen-bond acceptors (Lipinski definition) is 2. The number of carbonyl (C=O) groups is 1. The summed E-state index contributed by atoms with van der Waals surface area (Å²) in [6.45, 7) is 1.40. The van der Waals surface area contributed by atoms with E-state index in [1.165, 1.54) is 6.92 Å². The first-order valence-corrected chi connectivity index (χ1v) is 2.13. The molecule has 0 fully saturated rings. The third-order valence-electron chi connectivity index (χ3n) is 0.287. The lowest BCUT2D eigenvalue weighted by Gasteiger charge is -1.84. The largest absolute Gasteiger partial charge is 0.622 e. The molecule has 0 aromatic rings. The van der Waals surface area contributed by atoms with Crippen LogP contribution in [-0.4, -0.2) is 22.6 Å². The van der Waals surface area contributed by atoms with E-state index in [1.54, 1.807) is 0 Å². The van der Waals surface area contributed by atoms with Gasteiger partial charge in [0, 0.05) is 6.92 Å². The maximum absolute atomic E-state index is 9.62. The van der Waals surface area contributed by atoms with Gasteiger partial charge in [0.05, 0.1) is 0 Å². The van der Waals surface area contributed by atoms with Crippen molar-refractivity contribution in [1.29, 1.82) is 0 Å². The first-order chi connectivity index (χ1) is 2.27. The van der Waals surface area contributed by atoms with Crippen molar-refractivity contribution < 1.29 is 8.58 Å². The molecule has 0 radical (unpaired) electrons. The zero-order valence-electron chi connectivity index (χ0n) is 3.32. The third kappa shape index (κ3) is 4.00. The Morgan fingerprint density at radius 3 is 2.20 bits per heavy atom. The van der Waals surface area contributed by atoms with Gasteiger partial charge in [-0.3, -0.25) is 4.79 Å². The fourth-order valence-corrected chi connectivity index (χ4v) is 0. The molecule has 0 saturated heterocycles. The lowest BCUT2D eigenvalue weighted by Crippen LogP contribution is -1.90. The molecular formula is C2H5AlO2. The van der Waals surface area contributed by atoms with E-state index in [2.05, 4.69) is 3.79 Å². The first-order valence-electron chi connectivity index (χ1n) is 1.32. The topological polar surface area (TPSA) is 26.3 Å². The minimum atomic E-state index is -0.184. The van der Waals surface area contributed by atoms with Crippen LogP contribution in [0.4, 0.5) is 0 Å². The fourth-order valence-electron chi connectivity index (χ4n) is 0. The Balaban J connectivity index is 2.85. The minimum absolute atomic E-state index is 0.184. The van der Waals surface area contributed by atoms with Crippen molar-refractivity contribution in [3.8, 4) is 0 Å². The van der Waals surface area contributed by atoms with Gasteiger partial charge in [-0.1, -0.05) is 0 Å². The van der Waals surface area contributed by atoms with E-state index in [1.807, 2.05) is 0 Å². The zero-order valence-corrected chi connectivity index (χ0v) is 5.32. The predicted octanol–water partition coefficient (Wildman–Crippen LogP) is -0.902. The third-order valence-corrected chi connectivity index (χ3v) is 0.862. The molecule has 0 spiro atoms. The molecule has 0 aromatic carbocycles. The maximum atomic E-state index is 9.62. The second-order valence-electron chi connectivity index (χ2n) is 0.696. The molecule has 0 unspecified atom stereocenters. The molecule has 0 aliphatic heterocycles. The van der Waals surface area contributed by atoms with Crippen LogP contribution in [-0.2, 0) is 8.58 Å². The second-order valence-corrected chi connectivity index (χ2v) is 1.10. The van der Waals surface area contributed by atoms with E-state index < -0.39 is 0 Å². The van der Waals surface area contributed by atoms with Gasteiger partial charge in [0.15, 0.2) is 0 Å². The van der Waals surface area contributed by atoms with Crippen LogP contribution in [0.1, 0.15) is 6.92 Å². The Labute approximate surface area is 38.9 Å². The van der Waals surface area contributed by atoms with Gasteiger partial charge in [-0.2, -0.15) is 0 Å². The molecule has 0 N–H and O–H groups in total. The number of rotatable bonds is 0. The highest BCUT2D eigenvalue weighted by Crippen LogP contribution is 1.58. The summed E-state index contributed by atoms with van der Waals surface area (Å²) in [4.78, 5) is 9.62. The summed E-state index contributed by atoms with van der Waals surface area (Å²) in [5.41, 5.74) is 0. The summed E-state index contributed by atoms with van der Waals surface area (Å²) < 4.78 is 4.25. The van der Waals surface area contributed by atoms with E-state index >= 15 is 0 Å². The smallest absolute Gasteiger partial charge is 0.499 e. The van der Waals surface area contributed by atoms with Gasteiger partial charge < -0.3 is 3.79 Å². The lowest BCUT2D eigenvalue weighted by atomic mass is 10.9. The van der Waals surface area contributed by atoms with E-state index in [0.29, 0.717) is 16.6 Å². The molecule has 0 rings (SSSR count). The van der Waals surface area contributed by atoms with Crippen molar-refractivity contribution in [1.82, 2.24) is 0 Å². The van der Waals surface area contributed by atoms with Gasteiger partial charge >= 0.3 is 16.6 Å². The number of carbonyl (C=O) groups excluding carboxylic acids is 1. The Kier molecular flexibility index (Phi) is 2.25. The Bertz CT molecular complexity index is 42.9. The highest BCUT2D eigenvalue weighted by Gasteiger charge is 1.74. The molecule has 3 heteroatoms. The molecule has 0 bridgehead atoms. The van der Waals surface area contributed by atoms with Crippen LogP contribution in [0.15, 0.2) is 0 Å². The minimum Gasteiger partial charge on any atom is -0.622 e. The molecule has 5 heavy (non-hydrogen) atoms. The van der Waals surface area contributed by atoms with Gasteiger partial charge in [0.1, 0.15) is 0 Å². The molecule has 0 aromatic heterocycles. The molecule has 0 heterocycles. The molecule has 0 aliphatic rings. The van der Waals surface area contributed by atoms with Crippen LogP contribution in [0.2, 0.25) is 0 Å². The summed E-state index contributed by atoms with van der Waals surface area (Å²) in [6.07, 6.45) is 0. The molecule has 0 aliphatic carbocycles. The second kappa shape index (κ2) is 2.25. The van der Waals surface area contributed by atoms with Crippen LogP contribution in [0.5, 0.6) is 0 Å². The van der Waals surface area contributed by atoms with Crippen LogP contribution >= 0.6 is 0 Å².